The molecule has 0 spiro atoms. The maximum Gasteiger partial charge on any atom is 0.261 e. The van der Waals surface area contributed by atoms with Crippen molar-refractivity contribution in [2.24, 2.45) is 0 Å². The van der Waals surface area contributed by atoms with Gasteiger partial charge in [0.2, 0.25) is 0 Å². The van der Waals surface area contributed by atoms with Gasteiger partial charge in [-0.15, -0.1) is 12.6 Å². The van der Waals surface area contributed by atoms with Crippen LogP contribution in [0.4, 0.5) is 0 Å². The molecular formula is C12H9Br2ClO2S2. The first-order valence-electron chi connectivity index (χ1n) is 4.94. The zero-order chi connectivity index (χ0) is 14.5. The van der Waals surface area contributed by atoms with Crippen LogP contribution in [0.5, 0.6) is 0 Å². The van der Waals surface area contributed by atoms with Crippen molar-refractivity contribution in [2.75, 3.05) is 0 Å². The van der Waals surface area contributed by atoms with E-state index < -0.39 is 9.05 Å². The lowest BCUT2D eigenvalue weighted by atomic mass is 10.4. The molecule has 0 unspecified atom stereocenters. The standard InChI is InChI=1S/C6H4BrClO2S.C6H5BrS/c7-5-1-3-6(4-2-5)11(8,9)10;7-5-1-3-6(8)4-2-5/h1-4H;1-4,8H. The Hall–Kier alpha value is -0.0100. The van der Waals surface area contributed by atoms with E-state index >= 15 is 0 Å². The minimum absolute atomic E-state index is 0.113. The van der Waals surface area contributed by atoms with Crippen molar-refractivity contribution in [3.63, 3.8) is 0 Å². The van der Waals surface area contributed by atoms with Crippen LogP contribution in [0.25, 0.3) is 0 Å². The molecule has 0 fully saturated rings. The van der Waals surface area contributed by atoms with E-state index in [1.54, 1.807) is 12.1 Å². The molecule has 2 aromatic rings. The summed E-state index contributed by atoms with van der Waals surface area (Å²) in [5.74, 6) is 0. The third kappa shape index (κ3) is 6.81. The summed E-state index contributed by atoms with van der Waals surface area (Å²) in [6.45, 7) is 0. The Morgan fingerprint density at radius 2 is 1.21 bits per heavy atom. The van der Waals surface area contributed by atoms with Crippen LogP contribution in [-0.4, -0.2) is 8.42 Å². The molecule has 0 atom stereocenters. The first-order chi connectivity index (χ1) is 8.79. The molecule has 0 aliphatic carbocycles. The summed E-state index contributed by atoms with van der Waals surface area (Å²) in [7, 11) is 1.50. The van der Waals surface area contributed by atoms with Gasteiger partial charge in [-0.2, -0.15) is 0 Å². The summed E-state index contributed by atoms with van der Waals surface area (Å²) in [4.78, 5) is 1.11. The molecule has 0 saturated heterocycles. The van der Waals surface area contributed by atoms with Gasteiger partial charge >= 0.3 is 0 Å². The smallest absolute Gasteiger partial charge is 0.207 e. The molecule has 0 radical (unpaired) electrons. The fourth-order valence-electron chi connectivity index (χ4n) is 1.04. The van der Waals surface area contributed by atoms with Crippen LogP contribution < -0.4 is 0 Å². The molecule has 0 aliphatic rings. The highest BCUT2D eigenvalue weighted by molar-refractivity contribution is 9.10. The lowest BCUT2D eigenvalue weighted by Crippen LogP contribution is -1.88. The summed E-state index contributed by atoms with van der Waals surface area (Å²) < 4.78 is 23.3. The van der Waals surface area contributed by atoms with E-state index in [2.05, 4.69) is 44.5 Å². The maximum absolute atomic E-state index is 10.7. The molecule has 0 aromatic heterocycles. The largest absolute Gasteiger partial charge is 0.261 e. The Kier molecular flexibility index (Phi) is 6.90. The van der Waals surface area contributed by atoms with Gasteiger partial charge in [0.1, 0.15) is 0 Å². The Morgan fingerprint density at radius 1 is 0.842 bits per heavy atom. The van der Waals surface area contributed by atoms with Crippen LogP contribution in [0.15, 0.2) is 67.3 Å². The molecule has 0 heterocycles. The van der Waals surface area contributed by atoms with Gasteiger partial charge < -0.3 is 0 Å². The van der Waals surface area contributed by atoms with Gasteiger partial charge in [0, 0.05) is 24.5 Å². The normalized spacial score (nSPS) is 10.5. The highest BCUT2D eigenvalue weighted by Gasteiger charge is 2.07. The molecule has 0 bridgehead atoms. The Balaban J connectivity index is 0.000000200. The molecular weight excluding hydrogens is 436 g/mol. The summed E-state index contributed by atoms with van der Waals surface area (Å²) in [6.07, 6.45) is 0. The van der Waals surface area contributed by atoms with Gasteiger partial charge in [0.05, 0.1) is 4.90 Å². The third-order valence-corrected chi connectivity index (χ3v) is 4.65. The Bertz CT molecular complexity index is 605. The van der Waals surface area contributed by atoms with Gasteiger partial charge in [-0.1, -0.05) is 31.9 Å². The molecule has 102 valence electrons. The van der Waals surface area contributed by atoms with E-state index in [0.29, 0.717) is 0 Å². The highest BCUT2D eigenvalue weighted by atomic mass is 79.9. The Labute approximate surface area is 139 Å². The van der Waals surface area contributed by atoms with Gasteiger partial charge in [-0.05, 0) is 48.5 Å². The van der Waals surface area contributed by atoms with Crippen molar-refractivity contribution in [2.45, 2.75) is 9.79 Å². The number of rotatable bonds is 1. The second-order valence-corrected chi connectivity index (χ2v) is 8.28. The fraction of sp³-hybridized carbons (Fsp3) is 0. The molecule has 2 rings (SSSR count). The predicted molar refractivity (Wildman–Crippen MR) is 88.6 cm³/mol. The van der Waals surface area contributed by atoms with Gasteiger partial charge in [-0.3, -0.25) is 0 Å². The fourth-order valence-corrected chi connectivity index (χ4v) is 2.49. The molecule has 2 nitrogen and oxygen atoms in total. The van der Waals surface area contributed by atoms with Crippen LogP contribution in [0.1, 0.15) is 0 Å². The first kappa shape index (κ1) is 17.0. The van der Waals surface area contributed by atoms with Crippen molar-refractivity contribution >= 4 is 64.2 Å². The zero-order valence-electron chi connectivity index (χ0n) is 9.42. The van der Waals surface area contributed by atoms with Crippen molar-refractivity contribution in [3.8, 4) is 0 Å². The van der Waals surface area contributed by atoms with Gasteiger partial charge in [0.25, 0.3) is 9.05 Å². The summed E-state index contributed by atoms with van der Waals surface area (Å²) in [6, 6.07) is 13.9. The van der Waals surface area contributed by atoms with E-state index in [1.807, 2.05) is 24.3 Å². The summed E-state index contributed by atoms with van der Waals surface area (Å²) >= 11 is 10.6. The monoisotopic (exact) mass is 442 g/mol. The van der Waals surface area contributed by atoms with E-state index in [1.165, 1.54) is 12.1 Å². The minimum atomic E-state index is -3.57. The number of hydrogen-bond acceptors (Lipinski definition) is 3. The van der Waals surface area contributed by atoms with Crippen LogP contribution in [0, 0.1) is 0 Å². The number of hydrogen-bond donors (Lipinski definition) is 1. The second-order valence-electron chi connectivity index (χ2n) is 3.37. The molecule has 7 heteroatoms. The van der Waals surface area contributed by atoms with E-state index in [-0.39, 0.29) is 4.90 Å². The molecule has 2 aromatic carbocycles. The van der Waals surface area contributed by atoms with Crippen LogP contribution >= 0.6 is 55.2 Å². The molecule has 0 amide bonds. The van der Waals surface area contributed by atoms with Crippen molar-refractivity contribution in [3.05, 3.63) is 57.5 Å². The summed E-state index contributed by atoms with van der Waals surface area (Å²) in [5, 5.41) is 0. The topological polar surface area (TPSA) is 34.1 Å². The van der Waals surface area contributed by atoms with E-state index in [0.717, 1.165) is 13.8 Å². The molecule has 0 saturated carbocycles. The lowest BCUT2D eigenvalue weighted by Gasteiger charge is -1.93. The number of thiol groups is 1. The average molecular weight is 445 g/mol. The summed E-state index contributed by atoms with van der Waals surface area (Å²) in [5.41, 5.74) is 0. The second kappa shape index (κ2) is 7.69. The lowest BCUT2D eigenvalue weighted by molar-refractivity contribution is 0.609. The average Bonchev–Trinajstić information content (AvgIpc) is 2.33. The van der Waals surface area contributed by atoms with E-state index in [4.69, 9.17) is 10.7 Å². The zero-order valence-corrected chi connectivity index (χ0v) is 15.1. The van der Waals surface area contributed by atoms with E-state index in [9.17, 15) is 8.42 Å². The maximum atomic E-state index is 10.7. The van der Waals surface area contributed by atoms with Gasteiger partial charge in [-0.25, -0.2) is 8.42 Å². The van der Waals surface area contributed by atoms with Crippen LogP contribution in [-0.2, 0) is 9.05 Å². The molecule has 19 heavy (non-hydrogen) atoms. The van der Waals surface area contributed by atoms with Gasteiger partial charge in [0.15, 0.2) is 0 Å². The van der Waals surface area contributed by atoms with Crippen molar-refractivity contribution < 1.29 is 8.42 Å². The first-order valence-corrected chi connectivity index (χ1v) is 9.28. The molecule has 0 aliphatic heterocycles. The minimum Gasteiger partial charge on any atom is -0.207 e. The SMILES string of the molecule is O=S(=O)(Cl)c1ccc(Br)cc1.Sc1ccc(Br)cc1. The predicted octanol–water partition coefficient (Wildman–Crippen LogP) is 5.11. The highest BCUT2D eigenvalue weighted by Crippen LogP contribution is 2.17. The van der Waals surface area contributed by atoms with Crippen molar-refractivity contribution in [1.82, 2.24) is 0 Å². The van der Waals surface area contributed by atoms with Crippen molar-refractivity contribution in [1.29, 1.82) is 0 Å². The number of halogens is 3. The molecule has 0 N–H and O–H groups in total. The number of benzene rings is 2. The quantitative estimate of drug-likeness (QED) is 0.490. The van der Waals surface area contributed by atoms with Crippen LogP contribution in [0.3, 0.4) is 0 Å². The van der Waals surface area contributed by atoms with Crippen LogP contribution in [0.2, 0.25) is 0 Å². The third-order valence-electron chi connectivity index (χ3n) is 1.92. The Morgan fingerprint density at radius 3 is 1.53 bits per heavy atom.